The lowest BCUT2D eigenvalue weighted by molar-refractivity contribution is -0.384. The summed E-state index contributed by atoms with van der Waals surface area (Å²) in [6, 6.07) is 2.00. The van der Waals surface area contributed by atoms with Gasteiger partial charge in [-0.05, 0) is 6.42 Å². The maximum absolute atomic E-state index is 12.1. The summed E-state index contributed by atoms with van der Waals surface area (Å²) in [6.07, 6.45) is -0.322. The quantitative estimate of drug-likeness (QED) is 0.529. The van der Waals surface area contributed by atoms with Crippen molar-refractivity contribution in [3.63, 3.8) is 0 Å². The zero-order valence-electron chi connectivity index (χ0n) is 10.9. The molecule has 2 heterocycles. The van der Waals surface area contributed by atoms with Gasteiger partial charge in [0.2, 0.25) is 12.7 Å². The molecule has 1 amide bonds. The van der Waals surface area contributed by atoms with E-state index in [2.05, 4.69) is 10.6 Å². The third-order valence-corrected chi connectivity index (χ3v) is 3.37. The van der Waals surface area contributed by atoms with Crippen molar-refractivity contribution in [2.75, 3.05) is 18.7 Å². The smallest absolute Gasteiger partial charge is 0.296 e. The van der Waals surface area contributed by atoms with Gasteiger partial charge in [0.05, 0.1) is 23.1 Å². The van der Waals surface area contributed by atoms with Gasteiger partial charge < -0.3 is 25.2 Å². The van der Waals surface area contributed by atoms with Crippen LogP contribution in [0.4, 0.5) is 11.4 Å². The summed E-state index contributed by atoms with van der Waals surface area (Å²) in [5, 5.41) is 25.8. The van der Waals surface area contributed by atoms with Gasteiger partial charge in [0.15, 0.2) is 11.5 Å². The molecule has 0 radical (unpaired) electrons. The number of nitro groups is 1. The van der Waals surface area contributed by atoms with Crippen molar-refractivity contribution >= 4 is 17.3 Å². The van der Waals surface area contributed by atoms with Crippen LogP contribution in [-0.2, 0) is 4.79 Å². The van der Waals surface area contributed by atoms with Gasteiger partial charge in [-0.1, -0.05) is 0 Å². The van der Waals surface area contributed by atoms with Gasteiger partial charge in [0, 0.05) is 12.6 Å². The number of aliphatic hydroxyl groups is 1. The number of benzene rings is 1. The third kappa shape index (κ3) is 2.60. The predicted octanol–water partition coefficient (Wildman–Crippen LogP) is -0.0152. The number of nitrogens with zero attached hydrogens (tertiary/aromatic N) is 1. The summed E-state index contributed by atoms with van der Waals surface area (Å²) >= 11 is 0. The van der Waals surface area contributed by atoms with Crippen LogP contribution in [0.25, 0.3) is 0 Å². The van der Waals surface area contributed by atoms with E-state index in [1.54, 1.807) is 0 Å². The largest absolute Gasteiger partial charge is 0.454 e. The maximum atomic E-state index is 12.1. The number of hydrogen-bond acceptors (Lipinski definition) is 7. The molecule has 112 valence electrons. The minimum Gasteiger partial charge on any atom is -0.454 e. The van der Waals surface area contributed by atoms with Crippen LogP contribution in [0, 0.1) is 10.1 Å². The molecule has 2 aliphatic rings. The van der Waals surface area contributed by atoms with Gasteiger partial charge >= 0.3 is 0 Å². The van der Waals surface area contributed by atoms with Crippen LogP contribution >= 0.6 is 0 Å². The first kappa shape index (κ1) is 13.6. The first-order valence-corrected chi connectivity index (χ1v) is 6.35. The highest BCUT2D eigenvalue weighted by Crippen LogP contribution is 2.40. The molecule has 2 unspecified atom stereocenters. The second-order valence-electron chi connectivity index (χ2n) is 4.82. The lowest BCUT2D eigenvalue weighted by Gasteiger charge is -2.11. The van der Waals surface area contributed by atoms with Crippen molar-refractivity contribution in [3.05, 3.63) is 22.2 Å². The first-order valence-electron chi connectivity index (χ1n) is 6.35. The number of nitrogens with one attached hydrogen (secondary N) is 2. The van der Waals surface area contributed by atoms with Crippen molar-refractivity contribution < 1.29 is 24.3 Å². The predicted molar refractivity (Wildman–Crippen MR) is 70.3 cm³/mol. The molecule has 9 heteroatoms. The van der Waals surface area contributed by atoms with E-state index >= 15 is 0 Å². The molecular weight excluding hydrogens is 282 g/mol. The molecule has 21 heavy (non-hydrogen) atoms. The number of β-amino-alcohol motifs (C(OH)–C–C–N with tert-alkyl or cyclic N) is 1. The number of rotatable bonds is 3. The molecule has 3 rings (SSSR count). The molecule has 1 aromatic rings. The highest BCUT2D eigenvalue weighted by Gasteiger charge is 2.30. The molecule has 1 aromatic carbocycles. The average molecular weight is 295 g/mol. The Hall–Kier alpha value is -2.39. The van der Waals surface area contributed by atoms with Crippen molar-refractivity contribution in [2.45, 2.75) is 18.6 Å². The van der Waals surface area contributed by atoms with Gasteiger partial charge in [0.25, 0.3) is 5.69 Å². The number of fused-ring (bicyclic) bond motifs is 1. The van der Waals surface area contributed by atoms with Crippen molar-refractivity contribution in [2.24, 2.45) is 0 Å². The number of hydrogen-bond donors (Lipinski definition) is 3. The van der Waals surface area contributed by atoms with Crippen LogP contribution in [0.5, 0.6) is 11.5 Å². The van der Waals surface area contributed by atoms with Gasteiger partial charge in [-0.2, -0.15) is 0 Å². The molecule has 3 N–H and O–H groups in total. The van der Waals surface area contributed by atoms with E-state index < -0.39 is 23.0 Å². The first-order chi connectivity index (χ1) is 10.0. The molecule has 2 atom stereocenters. The van der Waals surface area contributed by atoms with Gasteiger partial charge in [-0.15, -0.1) is 0 Å². The number of carbonyl (C=O) groups is 1. The fourth-order valence-corrected chi connectivity index (χ4v) is 2.32. The maximum Gasteiger partial charge on any atom is 0.296 e. The standard InChI is InChI=1S/C12H13N3O6/c16-6-1-8(13-4-6)12(17)14-7-2-10-11(21-5-20-10)3-9(7)15(18)19/h2-3,6,8,13,16H,1,4-5H2,(H,14,17). The summed E-state index contributed by atoms with van der Waals surface area (Å²) in [7, 11) is 0. The molecule has 2 aliphatic heterocycles. The monoisotopic (exact) mass is 295 g/mol. The number of aliphatic hydroxyl groups excluding tert-OH is 1. The Labute approximate surface area is 119 Å². The number of anilines is 1. The zero-order valence-corrected chi connectivity index (χ0v) is 10.9. The average Bonchev–Trinajstić information content (AvgIpc) is 3.05. The van der Waals surface area contributed by atoms with Gasteiger partial charge in [0.1, 0.15) is 5.69 Å². The highest BCUT2D eigenvalue weighted by molar-refractivity contribution is 5.97. The Morgan fingerprint density at radius 1 is 1.43 bits per heavy atom. The number of carbonyl (C=O) groups excluding carboxylic acids is 1. The fraction of sp³-hybridized carbons (Fsp3) is 0.417. The van der Waals surface area contributed by atoms with Crippen molar-refractivity contribution in [3.8, 4) is 11.5 Å². The molecule has 0 bridgehead atoms. The summed E-state index contributed by atoms with van der Waals surface area (Å²) < 4.78 is 10.2. The number of amides is 1. The highest BCUT2D eigenvalue weighted by atomic mass is 16.7. The molecular formula is C12H13N3O6. The molecule has 1 fully saturated rings. The van der Waals surface area contributed by atoms with E-state index in [9.17, 15) is 20.0 Å². The fourth-order valence-electron chi connectivity index (χ4n) is 2.32. The molecule has 1 saturated heterocycles. The van der Waals surface area contributed by atoms with E-state index in [4.69, 9.17) is 9.47 Å². The molecule has 0 saturated carbocycles. The van der Waals surface area contributed by atoms with Crippen molar-refractivity contribution in [1.82, 2.24) is 5.32 Å². The Kier molecular flexibility index (Phi) is 3.35. The lowest BCUT2D eigenvalue weighted by atomic mass is 10.1. The van der Waals surface area contributed by atoms with Crippen LogP contribution in [0.2, 0.25) is 0 Å². The van der Waals surface area contributed by atoms with Crippen LogP contribution in [0.15, 0.2) is 12.1 Å². The van der Waals surface area contributed by atoms with E-state index in [1.165, 1.54) is 12.1 Å². The minimum atomic E-state index is -0.603. The minimum absolute atomic E-state index is 0.0136. The van der Waals surface area contributed by atoms with E-state index in [0.717, 1.165) is 0 Å². The second-order valence-corrected chi connectivity index (χ2v) is 4.82. The third-order valence-electron chi connectivity index (χ3n) is 3.37. The Balaban J connectivity index is 1.84. The normalized spacial score (nSPS) is 23.1. The van der Waals surface area contributed by atoms with E-state index in [0.29, 0.717) is 12.3 Å². The SMILES string of the molecule is O=C(Nc1cc2c(cc1[N+](=O)[O-])OCO2)C1CC(O)CN1. The number of ether oxygens (including phenoxy) is 2. The Morgan fingerprint density at radius 2 is 2.14 bits per heavy atom. The van der Waals surface area contributed by atoms with Gasteiger partial charge in [-0.25, -0.2) is 0 Å². The van der Waals surface area contributed by atoms with Crippen LogP contribution in [-0.4, -0.2) is 41.4 Å². The molecule has 0 aromatic heterocycles. The summed E-state index contributed by atoms with van der Waals surface area (Å²) in [5.74, 6) is 0.179. The number of nitro benzene ring substituents is 1. The summed E-state index contributed by atoms with van der Waals surface area (Å²) in [4.78, 5) is 22.5. The summed E-state index contributed by atoms with van der Waals surface area (Å²) in [6.45, 7) is 0.307. The van der Waals surface area contributed by atoms with Gasteiger partial charge in [-0.3, -0.25) is 14.9 Å². The molecule has 0 aliphatic carbocycles. The zero-order chi connectivity index (χ0) is 15.0. The Bertz CT molecular complexity index is 605. The van der Waals surface area contributed by atoms with E-state index in [1.807, 2.05) is 0 Å². The van der Waals surface area contributed by atoms with Crippen LogP contribution < -0.4 is 20.1 Å². The second kappa shape index (κ2) is 5.19. The van der Waals surface area contributed by atoms with Crippen LogP contribution in [0.3, 0.4) is 0 Å². The summed E-state index contributed by atoms with van der Waals surface area (Å²) in [5.41, 5.74) is -0.233. The molecule has 0 spiro atoms. The lowest BCUT2D eigenvalue weighted by Crippen LogP contribution is -2.35. The van der Waals surface area contributed by atoms with Crippen molar-refractivity contribution in [1.29, 1.82) is 0 Å². The Morgan fingerprint density at radius 3 is 2.76 bits per heavy atom. The van der Waals surface area contributed by atoms with Crippen LogP contribution in [0.1, 0.15) is 6.42 Å². The topological polar surface area (TPSA) is 123 Å². The van der Waals surface area contributed by atoms with E-state index in [-0.39, 0.29) is 30.3 Å². The molecule has 9 nitrogen and oxygen atoms in total.